The van der Waals surface area contributed by atoms with Gasteiger partial charge in [-0.05, 0) is 6.92 Å². The van der Waals surface area contributed by atoms with E-state index < -0.39 is 47.9 Å². The summed E-state index contributed by atoms with van der Waals surface area (Å²) in [4.78, 5) is 21.2. The van der Waals surface area contributed by atoms with Gasteiger partial charge in [0.25, 0.3) is 0 Å². The summed E-state index contributed by atoms with van der Waals surface area (Å²) < 4.78 is 5.42. The third kappa shape index (κ3) is 2.53. The Kier molecular flexibility index (Phi) is 4.17. The first kappa shape index (κ1) is 17.6. The van der Waals surface area contributed by atoms with Crippen molar-refractivity contribution in [3.8, 4) is 0 Å². The summed E-state index contributed by atoms with van der Waals surface area (Å²) in [6.45, 7) is 0.557. The first-order valence-corrected chi connectivity index (χ1v) is 7.53. The molecule has 2 unspecified atom stereocenters. The van der Waals surface area contributed by atoms with Gasteiger partial charge in [-0.2, -0.15) is 0 Å². The van der Waals surface area contributed by atoms with Crippen molar-refractivity contribution < 1.29 is 30.0 Å². The Morgan fingerprint density at radius 3 is 2.75 bits per heavy atom. The molecule has 1 saturated heterocycles. The van der Waals surface area contributed by atoms with Crippen molar-refractivity contribution >= 4 is 28.9 Å². The molecule has 0 aromatic heterocycles. The quantitative estimate of drug-likeness (QED) is 0.217. The zero-order valence-electron chi connectivity index (χ0n) is 12.6. The van der Waals surface area contributed by atoms with Crippen molar-refractivity contribution in [2.45, 2.75) is 42.4 Å². The number of aliphatic hydroxyl groups is 4. The van der Waals surface area contributed by atoms with E-state index in [1.165, 1.54) is 4.90 Å². The Morgan fingerprint density at radius 2 is 2.21 bits per heavy atom. The molecule has 0 aromatic carbocycles. The maximum absolute atomic E-state index is 11.8. The number of amidine groups is 1. The molecule has 1 fully saturated rings. The van der Waals surface area contributed by atoms with Crippen LogP contribution >= 0.6 is 11.6 Å². The van der Waals surface area contributed by atoms with Gasteiger partial charge in [-0.3, -0.25) is 15.5 Å². The zero-order valence-corrected chi connectivity index (χ0v) is 13.4. The molecule has 134 valence electrons. The number of aliphatic imine (C=N–C) groups is 2. The van der Waals surface area contributed by atoms with E-state index in [9.17, 15) is 25.2 Å². The number of nitrogens with zero attached hydrogens (tertiary/aromatic N) is 3. The van der Waals surface area contributed by atoms with Crippen LogP contribution in [0.3, 0.4) is 0 Å². The number of carbonyl (C=O) groups is 1. The Hall–Kier alpha value is -1.18. The molecule has 3 heterocycles. The molecule has 3 aliphatic rings. The molecule has 11 nitrogen and oxygen atoms in total. The summed E-state index contributed by atoms with van der Waals surface area (Å²) in [7, 11) is 0. The molecule has 7 N–H and O–H groups in total. The number of halogens is 1. The molecule has 6 atom stereocenters. The summed E-state index contributed by atoms with van der Waals surface area (Å²) in [5.74, 6) is -2.65. The van der Waals surface area contributed by atoms with Crippen LogP contribution in [0, 0.1) is 0 Å². The molecule has 3 aliphatic heterocycles. The Balaban J connectivity index is 1.97. The molecule has 0 aliphatic carbocycles. The smallest absolute Gasteiger partial charge is 0.244 e. The normalized spacial score (nSPS) is 45.0. The van der Waals surface area contributed by atoms with Crippen LogP contribution < -0.4 is 11.1 Å². The number of nitrogens with one attached hydrogen (secondary N) is 1. The fraction of sp³-hybridized carbons (Fsp3) is 0.750. The minimum atomic E-state index is -2.25. The monoisotopic (exact) mass is 363 g/mol. The third-order valence-corrected chi connectivity index (χ3v) is 4.45. The van der Waals surface area contributed by atoms with Gasteiger partial charge in [-0.15, -0.1) is 0 Å². The first-order chi connectivity index (χ1) is 11.1. The largest absolute Gasteiger partial charge is 0.394 e. The van der Waals surface area contributed by atoms with Gasteiger partial charge in [0, 0.05) is 0 Å². The second-order valence-corrected chi connectivity index (χ2v) is 6.40. The van der Waals surface area contributed by atoms with Crippen molar-refractivity contribution in [2.75, 3.05) is 13.3 Å². The molecule has 0 bridgehead atoms. The zero-order chi connectivity index (χ0) is 17.9. The Bertz CT molecular complexity index is 627. The number of alkyl halides is 1. The van der Waals surface area contributed by atoms with E-state index in [1.54, 1.807) is 0 Å². The van der Waals surface area contributed by atoms with Crippen molar-refractivity contribution in [1.29, 1.82) is 0 Å². The molecule has 0 aromatic rings. The molecule has 0 saturated carbocycles. The van der Waals surface area contributed by atoms with Crippen LogP contribution in [0.4, 0.5) is 0 Å². The van der Waals surface area contributed by atoms with Crippen molar-refractivity contribution in [2.24, 2.45) is 15.7 Å². The number of hydrogen-bond donors (Lipinski definition) is 6. The molecule has 12 heteroatoms. The van der Waals surface area contributed by atoms with Gasteiger partial charge in [0.1, 0.15) is 30.7 Å². The number of carbonyl (C=O) groups excluding carboxylic acids is 1. The maximum Gasteiger partial charge on any atom is 0.244 e. The number of aliphatic hydroxyl groups excluding tert-OH is 3. The van der Waals surface area contributed by atoms with E-state index >= 15 is 0 Å². The third-order valence-electron chi connectivity index (χ3n) is 4.18. The number of rotatable bonds is 3. The van der Waals surface area contributed by atoms with E-state index in [1.807, 2.05) is 0 Å². The molecular weight excluding hydrogens is 346 g/mol. The van der Waals surface area contributed by atoms with Crippen molar-refractivity contribution in [3.05, 3.63) is 0 Å². The lowest BCUT2D eigenvalue weighted by atomic mass is 10.1. The van der Waals surface area contributed by atoms with Crippen molar-refractivity contribution in [1.82, 2.24) is 10.2 Å². The van der Waals surface area contributed by atoms with Crippen LogP contribution in [0.15, 0.2) is 9.98 Å². The summed E-state index contributed by atoms with van der Waals surface area (Å²) >= 11 is 5.98. The summed E-state index contributed by atoms with van der Waals surface area (Å²) in [5.41, 5.74) is 5.75. The number of Topliss-reactive ketones (excluding diaryl/α,β-unsaturated/α-hetero) is 1. The van der Waals surface area contributed by atoms with E-state index in [4.69, 9.17) is 22.1 Å². The lowest BCUT2D eigenvalue weighted by Gasteiger charge is -2.39. The predicted octanol–water partition coefficient (Wildman–Crippen LogP) is -3.77. The standard InChI is InChI=1S/C12H18ClN5O6/c1-4(20)12(14)16-9-8(11(13,23)17-12)15-3-18(9)10-7(22)6(21)5(2-19)24-10/h5-7,10,17,19,21-23H,2-3,14H2,1H3/t5-,6-,7-,10-,11?,12?/m1/s1. The highest BCUT2D eigenvalue weighted by molar-refractivity contribution is 6.55. The highest BCUT2D eigenvalue weighted by Gasteiger charge is 2.55. The average molecular weight is 364 g/mol. The molecule has 3 rings (SSSR count). The van der Waals surface area contributed by atoms with Gasteiger partial charge in [0.2, 0.25) is 11.0 Å². The van der Waals surface area contributed by atoms with E-state index in [0.29, 0.717) is 0 Å². The van der Waals surface area contributed by atoms with Gasteiger partial charge >= 0.3 is 0 Å². The van der Waals surface area contributed by atoms with Crippen LogP contribution in [0.5, 0.6) is 0 Å². The number of ether oxygens (including phenoxy) is 1. The topological polar surface area (TPSA) is 173 Å². The van der Waals surface area contributed by atoms with Crippen LogP contribution in [0.2, 0.25) is 0 Å². The van der Waals surface area contributed by atoms with Crippen LogP contribution in [0.25, 0.3) is 0 Å². The molecular formula is C12H18ClN5O6. The highest BCUT2D eigenvalue weighted by Crippen LogP contribution is 2.31. The van der Waals surface area contributed by atoms with Gasteiger partial charge < -0.3 is 30.1 Å². The summed E-state index contributed by atoms with van der Waals surface area (Å²) in [5, 5.41) is 39.5. The van der Waals surface area contributed by atoms with Crippen LogP contribution in [0.1, 0.15) is 6.92 Å². The van der Waals surface area contributed by atoms with Gasteiger partial charge in [-0.25, -0.2) is 10.3 Å². The van der Waals surface area contributed by atoms with E-state index in [-0.39, 0.29) is 18.2 Å². The van der Waals surface area contributed by atoms with E-state index in [0.717, 1.165) is 6.92 Å². The first-order valence-electron chi connectivity index (χ1n) is 7.15. The minimum Gasteiger partial charge on any atom is -0.394 e. The minimum absolute atomic E-state index is 0.0428. The number of hydrogen-bond acceptors (Lipinski definition) is 11. The fourth-order valence-electron chi connectivity index (χ4n) is 2.80. The maximum atomic E-state index is 11.8. The Morgan fingerprint density at radius 1 is 1.54 bits per heavy atom. The molecule has 0 spiro atoms. The summed E-state index contributed by atoms with van der Waals surface area (Å²) in [6.07, 6.45) is -4.81. The van der Waals surface area contributed by atoms with Crippen LogP contribution in [-0.4, -0.2) is 91.4 Å². The molecule has 24 heavy (non-hydrogen) atoms. The average Bonchev–Trinajstić information content (AvgIpc) is 3.01. The van der Waals surface area contributed by atoms with Gasteiger partial charge in [-0.1, -0.05) is 11.6 Å². The second kappa shape index (κ2) is 5.68. The summed E-state index contributed by atoms with van der Waals surface area (Å²) in [6, 6.07) is 0. The lowest BCUT2D eigenvalue weighted by Crippen LogP contribution is -2.71. The Labute approximate surface area is 141 Å². The van der Waals surface area contributed by atoms with E-state index in [2.05, 4.69) is 15.3 Å². The van der Waals surface area contributed by atoms with Gasteiger partial charge in [0.05, 0.1) is 6.61 Å². The van der Waals surface area contributed by atoms with Crippen LogP contribution in [-0.2, 0) is 9.53 Å². The number of ketones is 1. The number of fused-ring (bicyclic) bond motifs is 1. The predicted molar refractivity (Wildman–Crippen MR) is 80.9 cm³/mol. The fourth-order valence-corrected chi connectivity index (χ4v) is 3.09. The second-order valence-electron chi connectivity index (χ2n) is 5.85. The lowest BCUT2D eigenvalue weighted by molar-refractivity contribution is -0.124. The molecule has 0 radical (unpaired) electrons. The highest BCUT2D eigenvalue weighted by atomic mass is 35.5. The van der Waals surface area contributed by atoms with Gasteiger partial charge in [0.15, 0.2) is 17.8 Å². The molecule has 0 amide bonds. The SMILES string of the molecule is CC(=O)C1(N)N=C2C(=NCN2[C@@H]2O[C@H](CO)[C@@H](O)[C@H]2O)C(O)(Cl)N1. The van der Waals surface area contributed by atoms with Crippen molar-refractivity contribution in [3.63, 3.8) is 0 Å². The number of nitrogens with two attached hydrogens (primary N) is 1.